The number of methoxy groups -OCH3 is 1. The van der Waals surface area contributed by atoms with Crippen molar-refractivity contribution in [1.29, 1.82) is 0 Å². The van der Waals surface area contributed by atoms with Gasteiger partial charge < -0.3 is 10.1 Å². The van der Waals surface area contributed by atoms with Crippen molar-refractivity contribution in [3.8, 4) is 5.75 Å². The van der Waals surface area contributed by atoms with Crippen LogP contribution in [0.4, 0.5) is 11.4 Å². The van der Waals surface area contributed by atoms with Gasteiger partial charge in [-0.3, -0.25) is 10.1 Å². The molecule has 0 saturated carbocycles. The number of benzene rings is 3. The van der Waals surface area contributed by atoms with Crippen molar-refractivity contribution in [1.82, 2.24) is 4.31 Å². The lowest BCUT2D eigenvalue weighted by molar-refractivity contribution is -0.385. The molecule has 1 heterocycles. The van der Waals surface area contributed by atoms with Crippen LogP contribution in [0.1, 0.15) is 17.3 Å². The number of hydrogen-bond donors (Lipinski definition) is 1. The fourth-order valence-corrected chi connectivity index (χ4v) is 5.18. The molecule has 8 nitrogen and oxygen atoms in total. The SMILES string of the molecule is COc1ccc([C@H]2Nc3ccccc3S(=O)(=O)N2Cc2ccccc2)cc1[N+](=O)[O-]. The first-order valence-electron chi connectivity index (χ1n) is 9.15. The molecule has 3 aromatic rings. The molecule has 0 aliphatic carbocycles. The number of para-hydroxylation sites is 1. The number of nitrogens with zero attached hydrogens (tertiary/aromatic N) is 2. The molecule has 0 spiro atoms. The van der Waals surface area contributed by atoms with Crippen LogP contribution in [0.15, 0.2) is 77.7 Å². The van der Waals surface area contributed by atoms with Crippen LogP contribution in [0.3, 0.4) is 0 Å². The third-order valence-corrected chi connectivity index (χ3v) is 6.82. The first-order valence-corrected chi connectivity index (χ1v) is 10.6. The number of ether oxygens (including phenoxy) is 1. The van der Waals surface area contributed by atoms with E-state index in [9.17, 15) is 18.5 Å². The van der Waals surface area contributed by atoms with Gasteiger partial charge in [0.2, 0.25) is 10.0 Å². The van der Waals surface area contributed by atoms with Crippen molar-refractivity contribution in [2.24, 2.45) is 0 Å². The lowest BCUT2D eigenvalue weighted by atomic mass is 10.1. The molecule has 4 rings (SSSR count). The maximum atomic E-state index is 13.5. The van der Waals surface area contributed by atoms with Crippen molar-refractivity contribution in [3.63, 3.8) is 0 Å². The molecule has 0 fully saturated rings. The molecular weight excluding hydrogens is 406 g/mol. The van der Waals surface area contributed by atoms with E-state index in [-0.39, 0.29) is 22.9 Å². The predicted molar refractivity (Wildman–Crippen MR) is 112 cm³/mol. The normalized spacial score (nSPS) is 17.6. The molecule has 0 aromatic heterocycles. The lowest BCUT2D eigenvalue weighted by Crippen LogP contribution is -2.42. The highest BCUT2D eigenvalue weighted by Gasteiger charge is 2.39. The Hall–Kier alpha value is -3.43. The Kier molecular flexibility index (Phi) is 5.15. The van der Waals surface area contributed by atoms with E-state index in [4.69, 9.17) is 4.74 Å². The third-order valence-electron chi connectivity index (χ3n) is 4.95. The van der Waals surface area contributed by atoms with Gasteiger partial charge in [0.1, 0.15) is 11.1 Å². The van der Waals surface area contributed by atoms with Crippen molar-refractivity contribution < 1.29 is 18.1 Å². The second-order valence-electron chi connectivity index (χ2n) is 6.77. The fourth-order valence-electron chi connectivity index (χ4n) is 3.50. The van der Waals surface area contributed by atoms with Gasteiger partial charge in [-0.1, -0.05) is 48.5 Å². The zero-order valence-electron chi connectivity index (χ0n) is 16.1. The maximum Gasteiger partial charge on any atom is 0.311 e. The minimum absolute atomic E-state index is 0.106. The van der Waals surface area contributed by atoms with Gasteiger partial charge in [0.05, 0.1) is 17.7 Å². The average Bonchev–Trinajstić information content (AvgIpc) is 2.76. The maximum absolute atomic E-state index is 13.5. The van der Waals surface area contributed by atoms with Crippen LogP contribution in [0.5, 0.6) is 5.75 Å². The summed E-state index contributed by atoms with van der Waals surface area (Å²) in [6, 6.07) is 20.3. The second-order valence-corrected chi connectivity index (χ2v) is 8.63. The lowest BCUT2D eigenvalue weighted by Gasteiger charge is -2.37. The Morgan fingerprint density at radius 3 is 2.47 bits per heavy atom. The van der Waals surface area contributed by atoms with Gasteiger partial charge in [0.15, 0.2) is 5.75 Å². The van der Waals surface area contributed by atoms with Gasteiger partial charge in [-0.05, 0) is 29.3 Å². The first kappa shape index (κ1) is 19.9. The van der Waals surface area contributed by atoms with E-state index in [1.54, 1.807) is 30.3 Å². The highest BCUT2D eigenvalue weighted by molar-refractivity contribution is 7.89. The third kappa shape index (κ3) is 3.49. The van der Waals surface area contributed by atoms with E-state index in [1.165, 1.54) is 23.5 Å². The van der Waals surface area contributed by atoms with Crippen LogP contribution < -0.4 is 10.1 Å². The van der Waals surface area contributed by atoms with Gasteiger partial charge in [0.25, 0.3) is 0 Å². The van der Waals surface area contributed by atoms with Gasteiger partial charge in [-0.15, -0.1) is 0 Å². The molecule has 0 bridgehead atoms. The number of sulfonamides is 1. The number of hydrogen-bond acceptors (Lipinski definition) is 6. The van der Waals surface area contributed by atoms with Crippen molar-refractivity contribution in [2.45, 2.75) is 17.6 Å². The Labute approximate surface area is 173 Å². The van der Waals surface area contributed by atoms with E-state index in [0.717, 1.165) is 5.56 Å². The predicted octanol–water partition coefficient (Wildman–Crippen LogP) is 3.92. The van der Waals surface area contributed by atoms with Crippen LogP contribution in [0, 0.1) is 10.1 Å². The number of nitro benzene ring substituents is 1. The molecule has 30 heavy (non-hydrogen) atoms. The van der Waals surface area contributed by atoms with E-state index < -0.39 is 21.1 Å². The Balaban J connectivity index is 1.86. The zero-order chi connectivity index (χ0) is 21.3. The highest BCUT2D eigenvalue weighted by Crippen LogP contribution is 2.41. The van der Waals surface area contributed by atoms with E-state index >= 15 is 0 Å². The van der Waals surface area contributed by atoms with Crippen molar-refractivity contribution >= 4 is 21.4 Å². The minimum Gasteiger partial charge on any atom is -0.490 e. The molecule has 0 unspecified atom stereocenters. The Morgan fingerprint density at radius 2 is 1.77 bits per heavy atom. The summed E-state index contributed by atoms with van der Waals surface area (Å²) in [6.45, 7) is 0.106. The van der Waals surface area contributed by atoms with Crippen LogP contribution in [0.25, 0.3) is 0 Å². The summed E-state index contributed by atoms with van der Waals surface area (Å²) in [6.07, 6.45) is -0.824. The largest absolute Gasteiger partial charge is 0.490 e. The molecule has 0 saturated heterocycles. The molecule has 3 aromatic carbocycles. The van der Waals surface area contributed by atoms with Gasteiger partial charge in [-0.25, -0.2) is 8.42 Å². The summed E-state index contributed by atoms with van der Waals surface area (Å²) in [5.74, 6) is 0.109. The highest BCUT2D eigenvalue weighted by atomic mass is 32.2. The molecule has 9 heteroatoms. The van der Waals surface area contributed by atoms with E-state index in [1.807, 2.05) is 30.3 Å². The van der Waals surface area contributed by atoms with Gasteiger partial charge in [0, 0.05) is 12.6 Å². The minimum atomic E-state index is -3.86. The fraction of sp³-hybridized carbons (Fsp3) is 0.143. The second kappa shape index (κ2) is 7.77. The summed E-state index contributed by atoms with van der Waals surface area (Å²) in [5, 5.41) is 14.7. The molecule has 1 aliphatic rings. The van der Waals surface area contributed by atoms with Crippen LogP contribution in [-0.4, -0.2) is 24.8 Å². The molecule has 0 radical (unpaired) electrons. The number of fused-ring (bicyclic) bond motifs is 1. The number of nitrogens with one attached hydrogen (secondary N) is 1. The first-order chi connectivity index (χ1) is 14.4. The van der Waals surface area contributed by atoms with Crippen LogP contribution in [0.2, 0.25) is 0 Å². The number of anilines is 1. The summed E-state index contributed by atoms with van der Waals surface area (Å²) in [4.78, 5) is 11.1. The summed E-state index contributed by atoms with van der Waals surface area (Å²) < 4.78 is 33.3. The van der Waals surface area contributed by atoms with Crippen molar-refractivity contribution in [2.75, 3.05) is 12.4 Å². The monoisotopic (exact) mass is 425 g/mol. The Morgan fingerprint density at radius 1 is 1.07 bits per heavy atom. The molecule has 154 valence electrons. The molecule has 1 aliphatic heterocycles. The standard InChI is InChI=1S/C21H19N3O5S/c1-29-19-12-11-16(13-18(19)24(25)26)21-22-17-9-5-6-10-20(17)30(27,28)23(21)14-15-7-3-2-4-8-15/h2-13,21-22H,14H2,1H3/t21-/m0/s1. The number of nitro groups is 1. The Bertz CT molecular complexity index is 1200. The summed E-state index contributed by atoms with van der Waals surface area (Å²) in [5.41, 5.74) is 1.46. The summed E-state index contributed by atoms with van der Waals surface area (Å²) in [7, 11) is -2.51. The van der Waals surface area contributed by atoms with Crippen molar-refractivity contribution in [3.05, 3.63) is 94.0 Å². The molecule has 1 N–H and O–H groups in total. The zero-order valence-corrected chi connectivity index (χ0v) is 16.9. The molecule has 0 amide bonds. The van der Waals surface area contributed by atoms with Crippen LogP contribution in [-0.2, 0) is 16.6 Å². The molecule has 1 atom stereocenters. The quantitative estimate of drug-likeness (QED) is 0.491. The topological polar surface area (TPSA) is 102 Å². The van der Waals surface area contributed by atoms with Gasteiger partial charge in [-0.2, -0.15) is 4.31 Å². The van der Waals surface area contributed by atoms with E-state index in [2.05, 4.69) is 5.32 Å². The van der Waals surface area contributed by atoms with Gasteiger partial charge >= 0.3 is 5.69 Å². The smallest absolute Gasteiger partial charge is 0.311 e. The van der Waals surface area contributed by atoms with Crippen LogP contribution >= 0.6 is 0 Å². The average molecular weight is 425 g/mol. The van der Waals surface area contributed by atoms with E-state index in [0.29, 0.717) is 11.3 Å². The summed E-state index contributed by atoms with van der Waals surface area (Å²) >= 11 is 0. The molecular formula is C21H19N3O5S. The number of rotatable bonds is 5.